The molecule has 0 fully saturated rings. The van der Waals surface area contributed by atoms with Crippen LogP contribution in [0.5, 0.6) is 0 Å². The number of hydrogen-bond donors (Lipinski definition) is 1. The molecule has 0 bridgehead atoms. The van der Waals surface area contributed by atoms with Crippen molar-refractivity contribution in [1.29, 1.82) is 0 Å². The molecule has 0 saturated carbocycles. The predicted octanol–water partition coefficient (Wildman–Crippen LogP) is 2.62. The molecular weight excluding hydrogens is 260 g/mol. The molecule has 21 heavy (non-hydrogen) atoms. The number of rotatable bonds is 8. The highest BCUT2D eigenvalue weighted by atomic mass is 15.3. The van der Waals surface area contributed by atoms with Gasteiger partial charge in [0, 0.05) is 13.0 Å². The summed E-state index contributed by atoms with van der Waals surface area (Å²) < 4.78 is 1.99. The highest BCUT2D eigenvalue weighted by Crippen LogP contribution is 2.14. The molecule has 0 saturated heterocycles. The van der Waals surface area contributed by atoms with E-state index in [0.717, 1.165) is 38.3 Å². The van der Waals surface area contributed by atoms with Gasteiger partial charge in [-0.2, -0.15) is 5.10 Å². The maximum Gasteiger partial charge on any atom is 0.138 e. The van der Waals surface area contributed by atoms with E-state index in [9.17, 15) is 0 Å². The zero-order chi connectivity index (χ0) is 15.1. The predicted molar refractivity (Wildman–Crippen MR) is 86.3 cm³/mol. The van der Waals surface area contributed by atoms with Crippen LogP contribution in [0.4, 0.5) is 0 Å². The van der Waals surface area contributed by atoms with Gasteiger partial charge in [0.2, 0.25) is 0 Å². The molecule has 0 aliphatic rings. The van der Waals surface area contributed by atoms with Crippen molar-refractivity contribution in [1.82, 2.24) is 20.1 Å². The van der Waals surface area contributed by atoms with Gasteiger partial charge in [-0.25, -0.2) is 4.98 Å². The molecule has 1 unspecified atom stereocenters. The van der Waals surface area contributed by atoms with Crippen molar-refractivity contribution >= 4 is 0 Å². The summed E-state index contributed by atoms with van der Waals surface area (Å²) in [5, 5.41) is 7.74. The van der Waals surface area contributed by atoms with Crippen molar-refractivity contribution in [2.45, 2.75) is 40.2 Å². The van der Waals surface area contributed by atoms with Crippen LogP contribution in [0, 0.1) is 12.8 Å². The lowest BCUT2D eigenvalue weighted by molar-refractivity contribution is 0.453. The molecule has 1 aromatic carbocycles. The minimum absolute atomic E-state index is 0.544. The fraction of sp³-hybridized carbons (Fsp3) is 0.529. The molecule has 0 radical (unpaired) electrons. The summed E-state index contributed by atoms with van der Waals surface area (Å²) in [5.74, 6) is 1.63. The van der Waals surface area contributed by atoms with Crippen molar-refractivity contribution < 1.29 is 0 Å². The fourth-order valence-corrected chi connectivity index (χ4v) is 2.59. The van der Waals surface area contributed by atoms with Gasteiger partial charge in [0.25, 0.3) is 0 Å². The normalized spacial score (nSPS) is 12.5. The number of aryl methyl sites for hydroxylation is 2. The average molecular weight is 286 g/mol. The Morgan fingerprint density at radius 1 is 1.14 bits per heavy atom. The second-order valence-corrected chi connectivity index (χ2v) is 5.56. The smallest absolute Gasteiger partial charge is 0.138 e. The van der Waals surface area contributed by atoms with E-state index in [4.69, 9.17) is 0 Å². The first-order chi connectivity index (χ1) is 10.2. The third-order valence-electron chi connectivity index (χ3n) is 3.79. The van der Waals surface area contributed by atoms with Crippen LogP contribution < -0.4 is 5.32 Å². The average Bonchev–Trinajstić information content (AvgIpc) is 2.94. The Labute approximate surface area is 127 Å². The molecule has 1 atom stereocenters. The zero-order valence-corrected chi connectivity index (χ0v) is 13.3. The van der Waals surface area contributed by atoms with Gasteiger partial charge in [-0.1, -0.05) is 36.8 Å². The Morgan fingerprint density at radius 2 is 1.90 bits per heavy atom. The van der Waals surface area contributed by atoms with E-state index >= 15 is 0 Å². The maximum atomic E-state index is 4.41. The van der Waals surface area contributed by atoms with E-state index < -0.39 is 0 Å². The first-order valence-corrected chi connectivity index (χ1v) is 7.85. The van der Waals surface area contributed by atoms with Gasteiger partial charge in [-0.15, -0.1) is 0 Å². The lowest BCUT2D eigenvalue weighted by Crippen LogP contribution is -2.26. The van der Waals surface area contributed by atoms with Crippen LogP contribution in [0.1, 0.15) is 30.8 Å². The van der Waals surface area contributed by atoms with Crippen molar-refractivity contribution in [3.63, 3.8) is 0 Å². The summed E-state index contributed by atoms with van der Waals surface area (Å²) in [5.41, 5.74) is 2.71. The largest absolute Gasteiger partial charge is 0.317 e. The number of aromatic nitrogens is 3. The molecule has 0 aliphatic carbocycles. The third kappa shape index (κ3) is 4.67. The van der Waals surface area contributed by atoms with Crippen LogP contribution in [-0.2, 0) is 19.4 Å². The molecule has 1 N–H and O–H groups in total. The first kappa shape index (κ1) is 15.7. The molecular formula is C17H26N4. The van der Waals surface area contributed by atoms with E-state index in [1.165, 1.54) is 11.1 Å². The summed E-state index contributed by atoms with van der Waals surface area (Å²) >= 11 is 0. The monoisotopic (exact) mass is 286 g/mol. The molecule has 0 spiro atoms. The Balaban J connectivity index is 2.05. The molecule has 0 aliphatic heterocycles. The number of hydrogen-bond acceptors (Lipinski definition) is 3. The van der Waals surface area contributed by atoms with Crippen molar-refractivity contribution in [3.8, 4) is 0 Å². The highest BCUT2D eigenvalue weighted by Gasteiger charge is 2.14. The van der Waals surface area contributed by atoms with Crippen molar-refractivity contribution in [2.24, 2.45) is 5.92 Å². The molecule has 2 rings (SSSR count). The van der Waals surface area contributed by atoms with Crippen molar-refractivity contribution in [3.05, 3.63) is 47.5 Å². The van der Waals surface area contributed by atoms with Crippen LogP contribution in [0.2, 0.25) is 0 Å². The minimum Gasteiger partial charge on any atom is -0.317 e. The Hall–Kier alpha value is -1.68. The Kier molecular flexibility index (Phi) is 5.93. The Morgan fingerprint density at radius 3 is 2.57 bits per heavy atom. The van der Waals surface area contributed by atoms with E-state index in [0.29, 0.717) is 5.92 Å². The second-order valence-electron chi connectivity index (χ2n) is 5.56. The quantitative estimate of drug-likeness (QED) is 0.811. The van der Waals surface area contributed by atoms with Gasteiger partial charge in [0.15, 0.2) is 0 Å². The molecule has 4 heteroatoms. The standard InChI is InChI=1S/C17H26N4/c1-4-18-12-16(10-15-8-6-14(3)7-9-15)11-17-19-13-20-21(17)5-2/h6-9,13,16,18H,4-5,10-12H2,1-3H3. The third-order valence-corrected chi connectivity index (χ3v) is 3.79. The zero-order valence-electron chi connectivity index (χ0n) is 13.3. The summed E-state index contributed by atoms with van der Waals surface area (Å²) in [6, 6.07) is 8.85. The Bertz CT molecular complexity index is 530. The SMILES string of the molecule is CCNCC(Cc1ccc(C)cc1)Cc1ncnn1CC. The summed E-state index contributed by atoms with van der Waals surface area (Å²) in [6.07, 6.45) is 3.70. The van der Waals surface area contributed by atoms with Crippen LogP contribution in [0.25, 0.3) is 0 Å². The molecule has 114 valence electrons. The summed E-state index contributed by atoms with van der Waals surface area (Å²) in [7, 11) is 0. The molecule has 2 aromatic rings. The molecule has 0 amide bonds. The van der Waals surface area contributed by atoms with Crippen LogP contribution in [0.3, 0.4) is 0 Å². The second kappa shape index (κ2) is 7.93. The van der Waals surface area contributed by atoms with Crippen LogP contribution in [-0.4, -0.2) is 27.9 Å². The van der Waals surface area contributed by atoms with Gasteiger partial charge in [-0.05, 0) is 44.8 Å². The van der Waals surface area contributed by atoms with E-state index in [1.807, 2.05) is 4.68 Å². The van der Waals surface area contributed by atoms with E-state index in [1.54, 1.807) is 6.33 Å². The van der Waals surface area contributed by atoms with Crippen LogP contribution >= 0.6 is 0 Å². The minimum atomic E-state index is 0.544. The fourth-order valence-electron chi connectivity index (χ4n) is 2.59. The number of benzene rings is 1. The van der Waals surface area contributed by atoms with E-state index in [2.05, 4.69) is 60.4 Å². The van der Waals surface area contributed by atoms with Gasteiger partial charge >= 0.3 is 0 Å². The summed E-state index contributed by atoms with van der Waals surface area (Å²) in [6.45, 7) is 9.29. The lowest BCUT2D eigenvalue weighted by Gasteiger charge is -2.17. The van der Waals surface area contributed by atoms with Gasteiger partial charge < -0.3 is 5.32 Å². The summed E-state index contributed by atoms with van der Waals surface area (Å²) in [4.78, 5) is 4.41. The molecule has 4 nitrogen and oxygen atoms in total. The highest BCUT2D eigenvalue weighted by molar-refractivity contribution is 5.21. The molecule has 1 aromatic heterocycles. The number of nitrogens with one attached hydrogen (secondary N) is 1. The van der Waals surface area contributed by atoms with Gasteiger partial charge in [0.1, 0.15) is 12.2 Å². The lowest BCUT2D eigenvalue weighted by atomic mass is 9.95. The van der Waals surface area contributed by atoms with Gasteiger partial charge in [0.05, 0.1) is 0 Å². The molecule has 1 heterocycles. The number of nitrogens with zero attached hydrogens (tertiary/aromatic N) is 3. The van der Waals surface area contributed by atoms with Gasteiger partial charge in [-0.3, -0.25) is 4.68 Å². The first-order valence-electron chi connectivity index (χ1n) is 7.85. The van der Waals surface area contributed by atoms with Crippen molar-refractivity contribution in [2.75, 3.05) is 13.1 Å². The van der Waals surface area contributed by atoms with E-state index in [-0.39, 0.29) is 0 Å². The maximum absolute atomic E-state index is 4.41. The topological polar surface area (TPSA) is 42.7 Å². The van der Waals surface area contributed by atoms with Crippen LogP contribution in [0.15, 0.2) is 30.6 Å².